The molecule has 0 saturated carbocycles. The Hall–Kier alpha value is -1.32. The summed E-state index contributed by atoms with van der Waals surface area (Å²) in [4.78, 5) is 11.0. The van der Waals surface area contributed by atoms with Gasteiger partial charge in [-0.1, -0.05) is 0 Å². The molecule has 0 unspecified atom stereocenters. The minimum absolute atomic E-state index is 0.384. The molecule has 1 heterocycles. The second kappa shape index (κ2) is 2.62. The smallest absolute Gasteiger partial charge is 0.244 e. The predicted octanol–water partition coefficient (Wildman–Crippen LogP) is 0.412. The molecule has 0 spiro atoms. The summed E-state index contributed by atoms with van der Waals surface area (Å²) in [6.07, 6.45) is 1.75. The lowest BCUT2D eigenvalue weighted by molar-refractivity contribution is -0.125. The Kier molecular flexibility index (Phi) is 1.92. The molecule has 0 aliphatic heterocycles. The Bertz CT molecular complexity index is 301. The molecule has 0 bridgehead atoms. The molecule has 1 aromatic heterocycles. The van der Waals surface area contributed by atoms with Crippen LogP contribution in [0.1, 0.15) is 19.5 Å². The van der Waals surface area contributed by atoms with E-state index >= 15 is 0 Å². The highest BCUT2D eigenvalue weighted by Gasteiger charge is 2.27. The molecule has 4 nitrogen and oxygen atoms in total. The Morgan fingerprint density at radius 1 is 1.67 bits per heavy atom. The maximum Gasteiger partial charge on any atom is 0.244 e. The topological polar surface area (TPSA) is 60.9 Å². The fraction of sp³-hybridized carbons (Fsp3) is 0.500. The van der Waals surface area contributed by atoms with E-state index in [1.807, 2.05) is 13.0 Å². The van der Waals surface area contributed by atoms with Crippen molar-refractivity contribution in [3.8, 4) is 0 Å². The predicted molar refractivity (Wildman–Crippen MR) is 45.5 cm³/mol. The van der Waals surface area contributed by atoms with Crippen LogP contribution in [0.3, 0.4) is 0 Å². The van der Waals surface area contributed by atoms with Crippen LogP contribution in [0.2, 0.25) is 0 Å². The van der Waals surface area contributed by atoms with Gasteiger partial charge in [0.15, 0.2) is 0 Å². The van der Waals surface area contributed by atoms with Crippen LogP contribution >= 0.6 is 0 Å². The Labute approximate surface area is 71.4 Å². The first kappa shape index (κ1) is 8.77. The molecule has 1 rings (SSSR count). The molecule has 0 aliphatic carbocycles. The van der Waals surface area contributed by atoms with Gasteiger partial charge in [0.1, 0.15) is 5.54 Å². The van der Waals surface area contributed by atoms with Crippen molar-refractivity contribution in [2.45, 2.75) is 26.3 Å². The summed E-state index contributed by atoms with van der Waals surface area (Å²) in [6.45, 7) is 5.34. The maximum atomic E-state index is 11.0. The number of rotatable bonds is 2. The van der Waals surface area contributed by atoms with Crippen LogP contribution in [-0.4, -0.2) is 15.7 Å². The zero-order chi connectivity index (χ0) is 9.35. The lowest BCUT2D eigenvalue weighted by atomic mass is 10.1. The third kappa shape index (κ3) is 1.32. The third-order valence-corrected chi connectivity index (χ3v) is 1.90. The fourth-order valence-electron chi connectivity index (χ4n) is 0.839. The van der Waals surface area contributed by atoms with Crippen molar-refractivity contribution in [1.82, 2.24) is 9.78 Å². The molecule has 0 saturated heterocycles. The summed E-state index contributed by atoms with van der Waals surface area (Å²) in [6, 6.07) is 1.84. The van der Waals surface area contributed by atoms with Crippen LogP contribution in [0.25, 0.3) is 0 Å². The van der Waals surface area contributed by atoms with Crippen LogP contribution in [0, 0.1) is 6.92 Å². The number of carbonyl (C=O) groups is 1. The standard InChI is InChI=1S/C8H13N3O/c1-6-4-5-11(10-6)8(2,3)7(9)12/h4-5H,1-3H3,(H2,9,12). The van der Waals surface area contributed by atoms with Crippen molar-refractivity contribution in [1.29, 1.82) is 0 Å². The molecule has 4 heteroatoms. The largest absolute Gasteiger partial charge is 0.368 e. The summed E-state index contributed by atoms with van der Waals surface area (Å²) in [5.74, 6) is -0.384. The molecule has 1 aromatic rings. The lowest BCUT2D eigenvalue weighted by Crippen LogP contribution is -2.41. The number of aromatic nitrogens is 2. The molecule has 12 heavy (non-hydrogen) atoms. The number of nitrogens with zero attached hydrogens (tertiary/aromatic N) is 2. The summed E-state index contributed by atoms with van der Waals surface area (Å²) < 4.78 is 1.57. The second-order valence-corrected chi connectivity index (χ2v) is 3.32. The maximum absolute atomic E-state index is 11.0. The number of primary amides is 1. The van der Waals surface area contributed by atoms with Crippen LogP contribution in [0.4, 0.5) is 0 Å². The number of nitrogens with two attached hydrogens (primary N) is 1. The minimum atomic E-state index is -0.742. The summed E-state index contributed by atoms with van der Waals surface area (Å²) >= 11 is 0. The van der Waals surface area contributed by atoms with Gasteiger partial charge in [-0.25, -0.2) is 0 Å². The highest BCUT2D eigenvalue weighted by atomic mass is 16.1. The van der Waals surface area contributed by atoms with Gasteiger partial charge in [-0.2, -0.15) is 5.10 Å². The van der Waals surface area contributed by atoms with E-state index in [2.05, 4.69) is 5.10 Å². The normalized spacial score (nSPS) is 11.6. The van der Waals surface area contributed by atoms with Crippen LogP contribution in [0.5, 0.6) is 0 Å². The molecule has 0 fully saturated rings. The number of carbonyl (C=O) groups excluding carboxylic acids is 1. The molecular formula is C8H13N3O. The van der Waals surface area contributed by atoms with Gasteiger partial charge in [0.2, 0.25) is 5.91 Å². The van der Waals surface area contributed by atoms with E-state index in [-0.39, 0.29) is 5.91 Å². The van der Waals surface area contributed by atoms with E-state index in [1.165, 1.54) is 0 Å². The minimum Gasteiger partial charge on any atom is -0.368 e. The van der Waals surface area contributed by atoms with E-state index in [9.17, 15) is 4.79 Å². The number of aryl methyl sites for hydroxylation is 1. The summed E-state index contributed by atoms with van der Waals surface area (Å²) in [7, 11) is 0. The average Bonchev–Trinajstić information content (AvgIpc) is 2.35. The van der Waals surface area contributed by atoms with Crippen LogP contribution < -0.4 is 5.73 Å². The highest BCUT2D eigenvalue weighted by Crippen LogP contribution is 2.12. The number of hydrogen-bond donors (Lipinski definition) is 1. The molecule has 0 radical (unpaired) electrons. The van der Waals surface area contributed by atoms with Gasteiger partial charge in [0, 0.05) is 6.20 Å². The molecule has 0 atom stereocenters. The van der Waals surface area contributed by atoms with Gasteiger partial charge < -0.3 is 5.73 Å². The number of amides is 1. The first-order valence-electron chi connectivity index (χ1n) is 3.77. The van der Waals surface area contributed by atoms with Gasteiger partial charge in [-0.3, -0.25) is 9.48 Å². The molecular weight excluding hydrogens is 154 g/mol. The highest BCUT2D eigenvalue weighted by molar-refractivity contribution is 5.81. The average molecular weight is 167 g/mol. The van der Waals surface area contributed by atoms with Crippen molar-refractivity contribution in [2.75, 3.05) is 0 Å². The molecule has 2 N–H and O–H groups in total. The van der Waals surface area contributed by atoms with Gasteiger partial charge in [0.25, 0.3) is 0 Å². The number of hydrogen-bond acceptors (Lipinski definition) is 2. The van der Waals surface area contributed by atoms with Crippen LogP contribution in [0.15, 0.2) is 12.3 Å². The van der Waals surface area contributed by atoms with Crippen molar-refractivity contribution < 1.29 is 4.79 Å². The van der Waals surface area contributed by atoms with E-state index in [4.69, 9.17) is 5.73 Å². The second-order valence-electron chi connectivity index (χ2n) is 3.32. The van der Waals surface area contributed by atoms with Gasteiger partial charge in [-0.15, -0.1) is 0 Å². The Morgan fingerprint density at radius 3 is 2.58 bits per heavy atom. The lowest BCUT2D eigenvalue weighted by Gasteiger charge is -2.20. The SMILES string of the molecule is Cc1ccn(C(C)(C)C(N)=O)n1. The van der Waals surface area contributed by atoms with Gasteiger partial charge in [-0.05, 0) is 26.8 Å². The first-order valence-corrected chi connectivity index (χ1v) is 3.77. The van der Waals surface area contributed by atoms with Gasteiger partial charge >= 0.3 is 0 Å². The zero-order valence-electron chi connectivity index (χ0n) is 7.53. The molecule has 0 aromatic carbocycles. The first-order chi connectivity index (χ1) is 5.44. The fourth-order valence-corrected chi connectivity index (χ4v) is 0.839. The molecule has 1 amide bonds. The zero-order valence-corrected chi connectivity index (χ0v) is 7.53. The summed E-state index contributed by atoms with van der Waals surface area (Å²) in [5, 5.41) is 4.12. The van der Waals surface area contributed by atoms with E-state index in [1.54, 1.807) is 24.7 Å². The quantitative estimate of drug-likeness (QED) is 0.693. The Morgan fingerprint density at radius 2 is 2.25 bits per heavy atom. The van der Waals surface area contributed by atoms with E-state index in [0.717, 1.165) is 5.69 Å². The Balaban J connectivity index is 3.05. The van der Waals surface area contributed by atoms with Crippen molar-refractivity contribution >= 4 is 5.91 Å². The van der Waals surface area contributed by atoms with Crippen molar-refractivity contribution in [3.05, 3.63) is 18.0 Å². The summed E-state index contributed by atoms with van der Waals surface area (Å²) in [5.41, 5.74) is 5.35. The third-order valence-electron chi connectivity index (χ3n) is 1.90. The van der Waals surface area contributed by atoms with Crippen molar-refractivity contribution in [3.63, 3.8) is 0 Å². The van der Waals surface area contributed by atoms with E-state index < -0.39 is 5.54 Å². The van der Waals surface area contributed by atoms with E-state index in [0.29, 0.717) is 0 Å². The monoisotopic (exact) mass is 167 g/mol. The van der Waals surface area contributed by atoms with Crippen LogP contribution in [-0.2, 0) is 10.3 Å². The molecule has 66 valence electrons. The van der Waals surface area contributed by atoms with Crippen molar-refractivity contribution in [2.24, 2.45) is 5.73 Å². The van der Waals surface area contributed by atoms with Gasteiger partial charge in [0.05, 0.1) is 5.69 Å². The molecule has 0 aliphatic rings.